The quantitative estimate of drug-likeness (QED) is 0.469. The fraction of sp³-hybridized carbons (Fsp3) is 0.407. The third-order valence-corrected chi connectivity index (χ3v) is 7.64. The third kappa shape index (κ3) is 5.20. The molecule has 1 aliphatic heterocycles. The first-order valence-corrected chi connectivity index (χ1v) is 12.7. The third-order valence-electron chi connectivity index (χ3n) is 7.64. The topological polar surface area (TPSA) is 134 Å². The number of anilines is 1. The van der Waals surface area contributed by atoms with Crippen molar-refractivity contribution in [2.75, 3.05) is 18.4 Å². The minimum absolute atomic E-state index is 0.00516. The molecule has 2 amide bonds. The number of hydrogen-bond donors (Lipinski definition) is 3. The average molecular weight is 508 g/mol. The zero-order valence-electron chi connectivity index (χ0n) is 20.4. The van der Waals surface area contributed by atoms with Crippen LogP contribution in [0.5, 0.6) is 0 Å². The second-order valence-corrected chi connectivity index (χ2v) is 9.85. The van der Waals surface area contributed by atoms with Gasteiger partial charge in [0.1, 0.15) is 11.9 Å². The SMILES string of the molecule is NC[C@H]1CC[C@H](C(=O)N2CC[C@@H](c3ccccc3)[C@H]2C(=O)Nc2ccc(-c3nc(=O)o[nH]3)c(F)c2)CC1. The standard InChI is InChI=1S/C27H30FN5O4/c28-22-14-19(10-11-21(22)24-31-27(36)37-32-24)30-25(34)23-20(17-4-2-1-3-5-17)12-13-33(23)26(35)18-8-6-16(15-29)7-9-18/h1-5,10-11,14,16,18,20,23H,6-9,12-13,15,29H2,(H,30,34)(H,31,32,36)/t16-,18-,20-,23-/m0/s1. The lowest BCUT2D eigenvalue weighted by molar-refractivity contribution is -0.141. The van der Waals surface area contributed by atoms with E-state index in [2.05, 4.69) is 20.0 Å². The number of hydrogen-bond acceptors (Lipinski definition) is 6. The lowest BCUT2D eigenvalue weighted by atomic mass is 9.81. The lowest BCUT2D eigenvalue weighted by Crippen LogP contribution is -2.48. The van der Waals surface area contributed by atoms with Gasteiger partial charge in [0.15, 0.2) is 5.82 Å². The van der Waals surface area contributed by atoms with Crippen molar-refractivity contribution in [3.63, 3.8) is 0 Å². The minimum Gasteiger partial charge on any atom is -0.330 e. The van der Waals surface area contributed by atoms with Crippen molar-refractivity contribution >= 4 is 17.5 Å². The highest BCUT2D eigenvalue weighted by Gasteiger charge is 2.44. The van der Waals surface area contributed by atoms with E-state index in [1.165, 1.54) is 12.1 Å². The van der Waals surface area contributed by atoms with Gasteiger partial charge in [-0.1, -0.05) is 30.3 Å². The predicted octanol–water partition coefficient (Wildman–Crippen LogP) is 3.26. The van der Waals surface area contributed by atoms with Crippen LogP contribution < -0.4 is 16.8 Å². The van der Waals surface area contributed by atoms with Gasteiger partial charge in [0.2, 0.25) is 11.8 Å². The molecule has 2 fully saturated rings. The van der Waals surface area contributed by atoms with Crippen LogP contribution in [0.15, 0.2) is 57.8 Å². The van der Waals surface area contributed by atoms with Crippen LogP contribution in [0.2, 0.25) is 0 Å². The normalized spacial score (nSPS) is 23.7. The summed E-state index contributed by atoms with van der Waals surface area (Å²) in [6, 6.07) is 13.1. The van der Waals surface area contributed by atoms with Crippen molar-refractivity contribution in [1.82, 2.24) is 15.0 Å². The summed E-state index contributed by atoms with van der Waals surface area (Å²) in [6.07, 6.45) is 4.06. The number of carbonyl (C=O) groups is 2. The number of nitrogens with one attached hydrogen (secondary N) is 2. The van der Waals surface area contributed by atoms with Crippen LogP contribution in [-0.4, -0.2) is 46.0 Å². The van der Waals surface area contributed by atoms with E-state index in [0.717, 1.165) is 37.3 Å². The zero-order chi connectivity index (χ0) is 25.9. The summed E-state index contributed by atoms with van der Waals surface area (Å²) in [7, 11) is 0. The van der Waals surface area contributed by atoms with Crippen molar-refractivity contribution in [3.8, 4) is 11.4 Å². The highest BCUT2D eigenvalue weighted by molar-refractivity contribution is 5.98. The van der Waals surface area contributed by atoms with Gasteiger partial charge in [-0.25, -0.2) is 9.18 Å². The molecule has 0 bridgehead atoms. The van der Waals surface area contributed by atoms with Gasteiger partial charge in [0.25, 0.3) is 0 Å². The summed E-state index contributed by atoms with van der Waals surface area (Å²) in [5, 5.41) is 5.08. The Morgan fingerprint density at radius 1 is 1.11 bits per heavy atom. The van der Waals surface area contributed by atoms with E-state index in [4.69, 9.17) is 5.73 Å². The fourth-order valence-corrected chi connectivity index (χ4v) is 5.64. The highest BCUT2D eigenvalue weighted by atomic mass is 19.1. The fourth-order valence-electron chi connectivity index (χ4n) is 5.64. The van der Waals surface area contributed by atoms with Gasteiger partial charge < -0.3 is 20.5 Å². The van der Waals surface area contributed by atoms with Crippen LogP contribution in [0.4, 0.5) is 10.1 Å². The van der Waals surface area contributed by atoms with Crippen molar-refractivity contribution in [2.24, 2.45) is 17.6 Å². The molecular weight excluding hydrogens is 477 g/mol. The summed E-state index contributed by atoms with van der Waals surface area (Å²) in [6.45, 7) is 1.12. The lowest BCUT2D eigenvalue weighted by Gasteiger charge is -2.33. The Kier molecular flexibility index (Phi) is 7.18. The molecular formula is C27H30FN5O4. The van der Waals surface area contributed by atoms with Crippen LogP contribution in [0, 0.1) is 17.7 Å². The maximum atomic E-state index is 14.8. The first-order valence-electron chi connectivity index (χ1n) is 12.7. The number of benzene rings is 2. The number of nitrogens with two attached hydrogens (primary N) is 1. The highest BCUT2D eigenvalue weighted by Crippen LogP contribution is 2.38. The Morgan fingerprint density at radius 3 is 2.51 bits per heavy atom. The Labute approximate surface area is 213 Å². The Morgan fingerprint density at radius 2 is 1.86 bits per heavy atom. The minimum atomic E-state index is -0.860. The second-order valence-electron chi connectivity index (χ2n) is 9.85. The molecule has 37 heavy (non-hydrogen) atoms. The number of H-pyrrole nitrogens is 1. The van der Waals surface area contributed by atoms with Gasteiger partial charge in [-0.15, -0.1) is 0 Å². The molecule has 0 unspecified atom stereocenters. The molecule has 1 aromatic heterocycles. The maximum Gasteiger partial charge on any atom is 0.460 e. The first-order chi connectivity index (χ1) is 17.9. The summed E-state index contributed by atoms with van der Waals surface area (Å²) in [5.41, 5.74) is 7.09. The van der Waals surface area contributed by atoms with E-state index in [1.54, 1.807) is 4.90 Å². The molecule has 2 atom stereocenters. The first kappa shape index (κ1) is 24.9. The number of amides is 2. The Hall–Kier alpha value is -3.79. The number of aromatic amines is 1. The molecule has 10 heteroatoms. The summed E-state index contributed by atoms with van der Waals surface area (Å²) in [5.74, 6) is -1.78. The van der Waals surface area contributed by atoms with Gasteiger partial charge >= 0.3 is 5.76 Å². The van der Waals surface area contributed by atoms with Crippen LogP contribution in [0.3, 0.4) is 0 Å². The van der Waals surface area contributed by atoms with Gasteiger partial charge in [-0.2, -0.15) is 10.1 Å². The smallest absolute Gasteiger partial charge is 0.330 e. The Bertz CT molecular complexity index is 1320. The van der Waals surface area contributed by atoms with Gasteiger partial charge in [-0.05, 0) is 68.3 Å². The van der Waals surface area contributed by atoms with E-state index in [1.807, 2.05) is 30.3 Å². The van der Waals surface area contributed by atoms with E-state index >= 15 is 0 Å². The van der Waals surface area contributed by atoms with Crippen LogP contribution in [0.1, 0.15) is 43.6 Å². The zero-order valence-corrected chi connectivity index (χ0v) is 20.4. The number of nitrogens with zero attached hydrogens (tertiary/aromatic N) is 2. The maximum absolute atomic E-state index is 14.8. The molecule has 4 N–H and O–H groups in total. The van der Waals surface area contributed by atoms with Crippen LogP contribution in [-0.2, 0) is 9.59 Å². The molecule has 2 aliphatic rings. The van der Waals surface area contributed by atoms with Crippen LogP contribution in [0.25, 0.3) is 11.4 Å². The molecule has 2 aromatic carbocycles. The number of likely N-dealkylation sites (tertiary alicyclic amines) is 1. The van der Waals surface area contributed by atoms with E-state index in [0.29, 0.717) is 25.4 Å². The molecule has 9 nitrogen and oxygen atoms in total. The average Bonchev–Trinajstić information content (AvgIpc) is 3.55. The predicted molar refractivity (Wildman–Crippen MR) is 135 cm³/mol. The van der Waals surface area contributed by atoms with Crippen molar-refractivity contribution < 1.29 is 18.5 Å². The molecule has 2 heterocycles. The summed E-state index contributed by atoms with van der Waals surface area (Å²) >= 11 is 0. The second kappa shape index (κ2) is 10.7. The van der Waals surface area contributed by atoms with Gasteiger partial charge in [0, 0.05) is 24.1 Å². The van der Waals surface area contributed by atoms with Crippen molar-refractivity contribution in [3.05, 3.63) is 70.5 Å². The molecule has 0 spiro atoms. The number of rotatable bonds is 6. The van der Waals surface area contributed by atoms with E-state index in [9.17, 15) is 18.8 Å². The number of aromatic nitrogens is 2. The monoisotopic (exact) mass is 507 g/mol. The molecule has 0 radical (unpaired) electrons. The van der Waals surface area contributed by atoms with Crippen molar-refractivity contribution in [2.45, 2.75) is 44.1 Å². The van der Waals surface area contributed by atoms with E-state index in [-0.39, 0.29) is 40.7 Å². The van der Waals surface area contributed by atoms with Gasteiger partial charge in [-0.3, -0.25) is 9.59 Å². The Balaban J connectivity index is 1.38. The molecule has 1 saturated heterocycles. The van der Waals surface area contributed by atoms with Gasteiger partial charge in [0.05, 0.1) is 5.56 Å². The molecule has 194 valence electrons. The number of carbonyl (C=O) groups excluding carboxylic acids is 2. The molecule has 5 rings (SSSR count). The summed E-state index contributed by atoms with van der Waals surface area (Å²) < 4.78 is 19.3. The van der Waals surface area contributed by atoms with Crippen LogP contribution >= 0.6 is 0 Å². The summed E-state index contributed by atoms with van der Waals surface area (Å²) in [4.78, 5) is 43.7. The van der Waals surface area contributed by atoms with Crippen molar-refractivity contribution in [1.29, 1.82) is 0 Å². The largest absolute Gasteiger partial charge is 0.460 e. The number of halogens is 1. The van der Waals surface area contributed by atoms with E-state index < -0.39 is 17.6 Å². The molecule has 3 aromatic rings. The molecule has 1 aliphatic carbocycles. The molecule has 1 saturated carbocycles.